The number of amides is 2. The molecule has 0 unspecified atom stereocenters. The highest BCUT2D eigenvalue weighted by molar-refractivity contribution is 7.03. The van der Waals surface area contributed by atoms with Crippen LogP contribution < -0.4 is 10.2 Å². The topological polar surface area (TPSA) is 88.3 Å². The average Bonchev–Trinajstić information content (AvgIpc) is 3.51. The van der Waals surface area contributed by atoms with E-state index in [9.17, 15) is 9.59 Å². The molecule has 0 aliphatic carbocycles. The predicted octanol–water partition coefficient (Wildman–Crippen LogP) is 4.14. The number of furan rings is 1. The fourth-order valence-corrected chi connectivity index (χ4v) is 3.60. The van der Waals surface area contributed by atoms with Crippen LogP contribution in [-0.2, 0) is 11.3 Å². The van der Waals surface area contributed by atoms with E-state index in [1.165, 1.54) is 11.2 Å². The van der Waals surface area contributed by atoms with Crippen LogP contribution in [0.4, 0.5) is 5.69 Å². The number of rotatable bonds is 7. The Kier molecular flexibility index (Phi) is 6.18. The summed E-state index contributed by atoms with van der Waals surface area (Å²) < 4.78 is 9.37. The van der Waals surface area contributed by atoms with Crippen LogP contribution in [0, 0.1) is 6.92 Å². The van der Waals surface area contributed by atoms with Crippen molar-refractivity contribution in [3.63, 3.8) is 0 Å². The monoisotopic (exact) mass is 432 g/mol. The molecule has 2 aromatic carbocycles. The maximum absolute atomic E-state index is 13.4. The Labute approximate surface area is 183 Å². The lowest BCUT2D eigenvalue weighted by Gasteiger charge is -2.29. The van der Waals surface area contributed by atoms with Crippen LogP contribution in [0.5, 0.6) is 0 Å². The molecule has 0 aliphatic rings. The van der Waals surface area contributed by atoms with Crippen molar-refractivity contribution in [1.29, 1.82) is 0 Å². The summed E-state index contributed by atoms with van der Waals surface area (Å²) in [6, 6.07) is 19.3. The number of carbonyl (C=O) groups excluding carboxylic acids is 2. The molecule has 4 aromatic rings. The molecule has 0 spiro atoms. The third-order valence-corrected chi connectivity index (χ3v) is 5.24. The standard InChI is InChI=1S/C23H20N4O3S/c1-16-9-11-18(12-10-16)27(23(29)19-15-31-26-25-19)21(20-8-5-13-30-20)22(28)24-14-17-6-3-2-4-7-17/h2-13,15,21H,14H2,1H3,(H,24,28)/t21-/m0/s1. The van der Waals surface area contributed by atoms with E-state index in [1.54, 1.807) is 29.6 Å². The van der Waals surface area contributed by atoms with Crippen molar-refractivity contribution >= 4 is 29.0 Å². The first kappa shape index (κ1) is 20.5. The van der Waals surface area contributed by atoms with Crippen LogP contribution in [0.15, 0.2) is 82.8 Å². The molecule has 2 heterocycles. The molecule has 7 nitrogen and oxygen atoms in total. The summed E-state index contributed by atoms with van der Waals surface area (Å²) in [6.07, 6.45) is 1.48. The van der Waals surface area contributed by atoms with Crippen LogP contribution >= 0.6 is 11.5 Å². The summed E-state index contributed by atoms with van der Waals surface area (Å²) in [6.45, 7) is 2.28. The van der Waals surface area contributed by atoms with E-state index in [0.29, 0.717) is 18.0 Å². The van der Waals surface area contributed by atoms with E-state index in [4.69, 9.17) is 4.42 Å². The molecule has 1 atom stereocenters. The van der Waals surface area contributed by atoms with Crippen LogP contribution in [0.1, 0.15) is 33.4 Å². The van der Waals surface area contributed by atoms with Crippen LogP contribution in [0.25, 0.3) is 0 Å². The smallest absolute Gasteiger partial charge is 0.280 e. The Morgan fingerprint density at radius 3 is 2.48 bits per heavy atom. The zero-order valence-electron chi connectivity index (χ0n) is 16.8. The maximum atomic E-state index is 13.4. The molecular weight excluding hydrogens is 412 g/mol. The first-order valence-corrected chi connectivity index (χ1v) is 10.5. The van der Waals surface area contributed by atoms with E-state index in [1.807, 2.05) is 49.4 Å². The number of anilines is 1. The summed E-state index contributed by atoms with van der Waals surface area (Å²) in [5, 5.41) is 8.39. The maximum Gasteiger partial charge on any atom is 0.280 e. The van der Waals surface area contributed by atoms with Gasteiger partial charge in [0.2, 0.25) is 0 Å². The fraction of sp³-hybridized carbons (Fsp3) is 0.130. The number of hydrogen-bond donors (Lipinski definition) is 1. The second-order valence-electron chi connectivity index (χ2n) is 6.92. The summed E-state index contributed by atoms with van der Waals surface area (Å²) >= 11 is 1.08. The van der Waals surface area contributed by atoms with Gasteiger partial charge < -0.3 is 9.73 Å². The van der Waals surface area contributed by atoms with Gasteiger partial charge in [-0.1, -0.05) is 52.5 Å². The van der Waals surface area contributed by atoms with Crippen LogP contribution in [0.3, 0.4) is 0 Å². The first-order chi connectivity index (χ1) is 15.1. The highest BCUT2D eigenvalue weighted by Crippen LogP contribution is 2.30. The van der Waals surface area contributed by atoms with Gasteiger partial charge in [-0.15, -0.1) is 5.10 Å². The Morgan fingerprint density at radius 1 is 1.06 bits per heavy atom. The third kappa shape index (κ3) is 4.70. The van der Waals surface area contributed by atoms with E-state index in [0.717, 1.165) is 22.7 Å². The molecule has 1 N–H and O–H groups in total. The van der Waals surface area contributed by atoms with E-state index in [-0.39, 0.29) is 11.6 Å². The molecule has 8 heteroatoms. The lowest BCUT2D eigenvalue weighted by molar-refractivity contribution is -0.123. The van der Waals surface area contributed by atoms with Crippen molar-refractivity contribution in [2.45, 2.75) is 19.5 Å². The molecule has 4 rings (SSSR count). The predicted molar refractivity (Wildman–Crippen MR) is 118 cm³/mol. The second kappa shape index (κ2) is 9.36. The third-order valence-electron chi connectivity index (χ3n) is 4.74. The SMILES string of the molecule is Cc1ccc(N(C(=O)c2csnn2)[C@H](C(=O)NCc2ccccc2)c2ccco2)cc1. The molecular formula is C23H20N4O3S. The Hall–Kier alpha value is -3.78. The first-order valence-electron chi connectivity index (χ1n) is 9.66. The molecule has 0 saturated heterocycles. The number of aryl methyl sites for hydroxylation is 1. The number of nitrogens with zero attached hydrogens (tertiary/aromatic N) is 3. The lowest BCUT2D eigenvalue weighted by atomic mass is 10.1. The van der Waals surface area contributed by atoms with Crippen molar-refractivity contribution in [2.24, 2.45) is 0 Å². The van der Waals surface area contributed by atoms with E-state index >= 15 is 0 Å². The molecule has 2 aromatic heterocycles. The molecule has 0 radical (unpaired) electrons. The van der Waals surface area contributed by atoms with Gasteiger partial charge in [-0.05, 0) is 48.3 Å². The minimum atomic E-state index is -1.02. The average molecular weight is 433 g/mol. The van der Waals surface area contributed by atoms with Crippen molar-refractivity contribution in [3.8, 4) is 0 Å². The van der Waals surface area contributed by atoms with E-state index in [2.05, 4.69) is 14.9 Å². The van der Waals surface area contributed by atoms with Gasteiger partial charge >= 0.3 is 0 Å². The van der Waals surface area contributed by atoms with Gasteiger partial charge in [-0.3, -0.25) is 14.5 Å². The van der Waals surface area contributed by atoms with Gasteiger partial charge in [0.15, 0.2) is 11.7 Å². The van der Waals surface area contributed by atoms with Crippen molar-refractivity contribution in [3.05, 3.63) is 101 Å². The van der Waals surface area contributed by atoms with Gasteiger partial charge in [-0.25, -0.2) is 0 Å². The molecule has 0 bridgehead atoms. The molecule has 156 valence electrons. The van der Waals surface area contributed by atoms with Crippen molar-refractivity contribution < 1.29 is 14.0 Å². The second-order valence-corrected chi connectivity index (χ2v) is 7.53. The summed E-state index contributed by atoms with van der Waals surface area (Å²) in [7, 11) is 0. The van der Waals surface area contributed by atoms with Gasteiger partial charge in [0.1, 0.15) is 5.76 Å². The van der Waals surface area contributed by atoms with Gasteiger partial charge in [-0.2, -0.15) is 0 Å². The largest absolute Gasteiger partial charge is 0.467 e. The Bertz CT molecular complexity index is 1130. The minimum absolute atomic E-state index is 0.165. The normalized spacial score (nSPS) is 11.6. The number of aromatic nitrogens is 2. The minimum Gasteiger partial charge on any atom is -0.467 e. The molecule has 2 amide bonds. The number of hydrogen-bond acceptors (Lipinski definition) is 6. The van der Waals surface area contributed by atoms with Crippen molar-refractivity contribution in [1.82, 2.24) is 14.9 Å². The Morgan fingerprint density at radius 2 is 1.84 bits per heavy atom. The van der Waals surface area contributed by atoms with Gasteiger partial charge in [0.25, 0.3) is 11.8 Å². The highest BCUT2D eigenvalue weighted by atomic mass is 32.1. The van der Waals surface area contributed by atoms with Crippen LogP contribution in [0.2, 0.25) is 0 Å². The van der Waals surface area contributed by atoms with Crippen molar-refractivity contribution in [2.75, 3.05) is 4.90 Å². The fourth-order valence-electron chi connectivity index (χ4n) is 3.17. The zero-order valence-corrected chi connectivity index (χ0v) is 17.6. The van der Waals surface area contributed by atoms with Gasteiger partial charge in [0.05, 0.1) is 6.26 Å². The Balaban J connectivity index is 1.72. The quantitative estimate of drug-likeness (QED) is 0.474. The molecule has 31 heavy (non-hydrogen) atoms. The number of carbonyl (C=O) groups is 2. The lowest BCUT2D eigenvalue weighted by Crippen LogP contribution is -2.44. The summed E-state index contributed by atoms with van der Waals surface area (Å²) in [5.41, 5.74) is 2.71. The summed E-state index contributed by atoms with van der Waals surface area (Å²) in [4.78, 5) is 28.2. The van der Waals surface area contributed by atoms with E-state index < -0.39 is 11.9 Å². The number of benzene rings is 2. The molecule has 0 aliphatic heterocycles. The highest BCUT2D eigenvalue weighted by Gasteiger charge is 2.36. The number of nitrogens with one attached hydrogen (secondary N) is 1. The zero-order chi connectivity index (χ0) is 21.6. The van der Waals surface area contributed by atoms with Gasteiger partial charge in [0, 0.05) is 17.6 Å². The van der Waals surface area contributed by atoms with Crippen LogP contribution in [-0.4, -0.2) is 21.4 Å². The summed E-state index contributed by atoms with van der Waals surface area (Å²) in [5.74, 6) is -0.451. The molecule has 0 saturated carbocycles. The molecule has 0 fully saturated rings.